The first-order valence-corrected chi connectivity index (χ1v) is 9.68. The molecule has 1 fully saturated rings. The quantitative estimate of drug-likeness (QED) is 0.257. The lowest BCUT2D eigenvalue weighted by Gasteiger charge is -2.36. The zero-order valence-corrected chi connectivity index (χ0v) is 19.6. The van der Waals surface area contributed by atoms with E-state index in [1.165, 1.54) is 6.07 Å². The molecule has 2 heterocycles. The van der Waals surface area contributed by atoms with Crippen LogP contribution < -0.4 is 10.6 Å². The number of nitrogens with zero attached hydrogens (tertiary/aromatic N) is 4. The van der Waals surface area contributed by atoms with Crippen molar-refractivity contribution in [2.75, 3.05) is 46.3 Å². The average molecular weight is 530 g/mol. The number of benzene rings is 1. The molecule has 10 heteroatoms. The highest BCUT2D eigenvalue weighted by Gasteiger charge is 2.20. The monoisotopic (exact) mass is 530 g/mol. The van der Waals surface area contributed by atoms with Crippen LogP contribution in [0.25, 0.3) is 0 Å². The fourth-order valence-corrected chi connectivity index (χ4v) is 3.18. The summed E-state index contributed by atoms with van der Waals surface area (Å²) in [6, 6.07) is 6.37. The third-order valence-corrected chi connectivity index (χ3v) is 4.89. The lowest BCUT2D eigenvalue weighted by Crippen LogP contribution is -2.53. The second-order valence-electron chi connectivity index (χ2n) is 6.95. The Morgan fingerprint density at radius 2 is 1.93 bits per heavy atom. The molecule has 1 aliphatic heterocycles. The van der Waals surface area contributed by atoms with Gasteiger partial charge in [-0.3, -0.25) is 14.7 Å². The van der Waals surface area contributed by atoms with E-state index in [0.29, 0.717) is 24.2 Å². The molecule has 0 unspecified atom stereocenters. The van der Waals surface area contributed by atoms with E-state index < -0.39 is 0 Å². The molecule has 0 spiro atoms. The summed E-state index contributed by atoms with van der Waals surface area (Å²) < 4.78 is 18.5. The maximum atomic E-state index is 13.6. The van der Waals surface area contributed by atoms with Gasteiger partial charge in [0.05, 0.1) is 5.69 Å². The molecule has 164 valence electrons. The molecule has 0 aliphatic carbocycles. The van der Waals surface area contributed by atoms with E-state index in [1.54, 1.807) is 32.4 Å². The van der Waals surface area contributed by atoms with Gasteiger partial charge >= 0.3 is 0 Å². The van der Waals surface area contributed by atoms with Crippen LogP contribution >= 0.6 is 24.0 Å². The van der Waals surface area contributed by atoms with Crippen LogP contribution in [0.4, 0.5) is 4.39 Å². The smallest absolute Gasteiger partial charge is 0.251 e. The van der Waals surface area contributed by atoms with E-state index in [2.05, 4.69) is 30.6 Å². The van der Waals surface area contributed by atoms with E-state index in [9.17, 15) is 9.18 Å². The van der Waals surface area contributed by atoms with Gasteiger partial charge in [-0.1, -0.05) is 11.2 Å². The fourth-order valence-electron chi connectivity index (χ4n) is 3.18. The van der Waals surface area contributed by atoms with Gasteiger partial charge in [0, 0.05) is 64.5 Å². The molecule has 0 saturated carbocycles. The van der Waals surface area contributed by atoms with Crippen LogP contribution in [-0.4, -0.2) is 73.1 Å². The summed E-state index contributed by atoms with van der Waals surface area (Å²) in [7, 11) is 1.75. The van der Waals surface area contributed by atoms with Gasteiger partial charge in [-0.25, -0.2) is 4.39 Å². The van der Waals surface area contributed by atoms with Gasteiger partial charge in [0.15, 0.2) is 5.96 Å². The Morgan fingerprint density at radius 1 is 1.20 bits per heavy atom. The summed E-state index contributed by atoms with van der Waals surface area (Å²) in [6.45, 7) is 6.92. The molecule has 1 aromatic carbocycles. The second-order valence-corrected chi connectivity index (χ2v) is 6.95. The molecular formula is C20H28FIN6O2. The van der Waals surface area contributed by atoms with E-state index >= 15 is 0 Å². The van der Waals surface area contributed by atoms with Gasteiger partial charge < -0.3 is 20.1 Å². The number of amides is 1. The Labute approximate surface area is 192 Å². The SMILES string of the molecule is CN=C(NCCNC(=O)c1ccc(C)c(F)c1)N1CCN(Cc2ccon2)CC1.I. The molecule has 1 aliphatic rings. The Hall–Kier alpha value is -2.21. The highest BCUT2D eigenvalue weighted by atomic mass is 127. The van der Waals surface area contributed by atoms with Gasteiger partial charge in [0.1, 0.15) is 12.1 Å². The van der Waals surface area contributed by atoms with E-state index in [1.807, 2.05) is 6.07 Å². The van der Waals surface area contributed by atoms with Crippen LogP contribution in [0.1, 0.15) is 21.6 Å². The number of carbonyl (C=O) groups is 1. The number of aromatic nitrogens is 1. The summed E-state index contributed by atoms with van der Waals surface area (Å²) in [5.74, 6) is 0.141. The van der Waals surface area contributed by atoms with Crippen LogP contribution in [0.3, 0.4) is 0 Å². The maximum absolute atomic E-state index is 13.6. The topological polar surface area (TPSA) is 86.0 Å². The van der Waals surface area contributed by atoms with E-state index in [-0.39, 0.29) is 35.7 Å². The third-order valence-electron chi connectivity index (χ3n) is 4.89. The Kier molecular flexibility index (Phi) is 9.50. The Morgan fingerprint density at radius 3 is 2.57 bits per heavy atom. The molecule has 2 N–H and O–H groups in total. The summed E-state index contributed by atoms with van der Waals surface area (Å²) >= 11 is 0. The molecule has 0 atom stereocenters. The fraction of sp³-hybridized carbons (Fsp3) is 0.450. The lowest BCUT2D eigenvalue weighted by atomic mass is 10.1. The number of hydrogen-bond donors (Lipinski definition) is 2. The number of guanidine groups is 1. The molecule has 2 aromatic rings. The van der Waals surface area contributed by atoms with Gasteiger partial charge in [-0.15, -0.1) is 24.0 Å². The minimum absolute atomic E-state index is 0. The van der Waals surface area contributed by atoms with Crippen molar-refractivity contribution in [1.82, 2.24) is 25.6 Å². The number of piperazine rings is 1. The number of aliphatic imine (C=N–C) groups is 1. The lowest BCUT2D eigenvalue weighted by molar-refractivity contribution is 0.0953. The van der Waals surface area contributed by atoms with Crippen LogP contribution in [0.5, 0.6) is 0 Å². The van der Waals surface area contributed by atoms with Crippen molar-refractivity contribution >= 4 is 35.8 Å². The van der Waals surface area contributed by atoms with Gasteiger partial charge in [0.25, 0.3) is 5.91 Å². The van der Waals surface area contributed by atoms with Crippen LogP contribution in [0.2, 0.25) is 0 Å². The van der Waals surface area contributed by atoms with Gasteiger partial charge in [-0.2, -0.15) is 0 Å². The zero-order valence-electron chi connectivity index (χ0n) is 17.2. The molecule has 3 rings (SSSR count). The molecule has 30 heavy (non-hydrogen) atoms. The first kappa shape index (κ1) is 24.1. The standard InChI is InChI=1S/C20H27FN6O2.HI/c1-15-3-4-16(13-18(15)21)19(28)23-6-7-24-20(22-2)27-10-8-26(9-11-27)14-17-5-12-29-25-17;/h3-5,12-13H,6-11,14H2,1-2H3,(H,22,24)(H,23,28);1H. The summed E-state index contributed by atoms with van der Waals surface area (Å²) in [4.78, 5) is 21.0. The number of rotatable bonds is 6. The van der Waals surface area contributed by atoms with Crippen molar-refractivity contribution in [3.05, 3.63) is 53.2 Å². The van der Waals surface area contributed by atoms with Crippen LogP contribution in [-0.2, 0) is 6.54 Å². The highest BCUT2D eigenvalue weighted by molar-refractivity contribution is 14.0. The Bertz CT molecular complexity index is 838. The summed E-state index contributed by atoms with van der Waals surface area (Å²) in [5, 5.41) is 10.0. The summed E-state index contributed by atoms with van der Waals surface area (Å²) in [5.41, 5.74) is 1.78. The normalized spacial score (nSPS) is 14.9. The molecule has 1 amide bonds. The van der Waals surface area contributed by atoms with Crippen molar-refractivity contribution in [2.24, 2.45) is 4.99 Å². The first-order chi connectivity index (χ1) is 14.1. The minimum atomic E-state index is -0.376. The first-order valence-electron chi connectivity index (χ1n) is 9.68. The second kappa shape index (κ2) is 11.8. The number of aryl methyl sites for hydroxylation is 1. The number of hydrogen-bond acceptors (Lipinski definition) is 5. The molecule has 0 radical (unpaired) electrons. The van der Waals surface area contributed by atoms with Crippen molar-refractivity contribution in [3.8, 4) is 0 Å². The molecule has 1 aromatic heterocycles. The van der Waals surface area contributed by atoms with Crippen molar-refractivity contribution < 1.29 is 13.7 Å². The van der Waals surface area contributed by atoms with Crippen molar-refractivity contribution in [2.45, 2.75) is 13.5 Å². The number of halogens is 2. The predicted octanol–water partition coefficient (Wildman–Crippen LogP) is 1.86. The molecular weight excluding hydrogens is 502 g/mol. The third kappa shape index (κ3) is 6.66. The largest absolute Gasteiger partial charge is 0.364 e. The maximum Gasteiger partial charge on any atom is 0.251 e. The molecule has 1 saturated heterocycles. The van der Waals surface area contributed by atoms with Crippen LogP contribution in [0, 0.1) is 12.7 Å². The predicted molar refractivity (Wildman–Crippen MR) is 124 cm³/mol. The van der Waals surface area contributed by atoms with Crippen molar-refractivity contribution in [3.63, 3.8) is 0 Å². The number of carbonyl (C=O) groups excluding carboxylic acids is 1. The van der Waals surface area contributed by atoms with Crippen molar-refractivity contribution in [1.29, 1.82) is 0 Å². The molecule has 8 nitrogen and oxygen atoms in total. The van der Waals surface area contributed by atoms with Crippen LogP contribution in [0.15, 0.2) is 40.0 Å². The summed E-state index contributed by atoms with van der Waals surface area (Å²) in [6.07, 6.45) is 1.59. The Balaban J connectivity index is 0.00000320. The van der Waals surface area contributed by atoms with E-state index in [0.717, 1.165) is 44.4 Å². The zero-order chi connectivity index (χ0) is 20.6. The van der Waals surface area contributed by atoms with E-state index in [4.69, 9.17) is 4.52 Å². The van der Waals surface area contributed by atoms with Gasteiger partial charge in [-0.05, 0) is 24.6 Å². The van der Waals surface area contributed by atoms with Gasteiger partial charge in [0.2, 0.25) is 0 Å². The highest BCUT2D eigenvalue weighted by Crippen LogP contribution is 2.09. The average Bonchev–Trinajstić information content (AvgIpc) is 3.24. The molecule has 0 bridgehead atoms. The number of nitrogens with one attached hydrogen (secondary N) is 2. The minimum Gasteiger partial charge on any atom is -0.364 e.